The number of rotatable bonds is 9. The van der Waals surface area contributed by atoms with Crippen LogP contribution in [-0.4, -0.2) is 36.4 Å². The Hall–Kier alpha value is -2.04. The molecule has 0 saturated heterocycles. The average Bonchev–Trinajstić information content (AvgIpc) is 3.08. The van der Waals surface area contributed by atoms with Crippen LogP contribution >= 0.6 is 0 Å². The van der Waals surface area contributed by atoms with Crippen LogP contribution in [0.1, 0.15) is 63.5 Å². The maximum absolute atomic E-state index is 12.4. The van der Waals surface area contributed by atoms with Crippen molar-refractivity contribution >= 4 is 11.9 Å². The molecule has 1 aromatic carbocycles. The molecule has 1 aliphatic rings. The first-order valence-corrected chi connectivity index (χ1v) is 9.95. The van der Waals surface area contributed by atoms with Crippen LogP contribution in [0.2, 0.25) is 0 Å². The molecule has 5 nitrogen and oxygen atoms in total. The summed E-state index contributed by atoms with van der Waals surface area (Å²) >= 11 is 0. The number of fused-ring (bicyclic) bond motifs is 1. The molecule has 1 unspecified atom stereocenters. The van der Waals surface area contributed by atoms with Gasteiger partial charge in [-0.1, -0.05) is 50.5 Å². The van der Waals surface area contributed by atoms with Crippen molar-refractivity contribution < 1.29 is 4.79 Å². The van der Waals surface area contributed by atoms with Crippen LogP contribution in [0.3, 0.4) is 0 Å². The van der Waals surface area contributed by atoms with E-state index in [0.717, 1.165) is 38.4 Å². The smallest absolute Gasteiger partial charge is 0.223 e. The third-order valence-corrected chi connectivity index (χ3v) is 4.90. The van der Waals surface area contributed by atoms with Crippen molar-refractivity contribution in [1.29, 1.82) is 0 Å². The van der Waals surface area contributed by atoms with Crippen molar-refractivity contribution in [2.24, 2.45) is 4.99 Å². The van der Waals surface area contributed by atoms with Crippen LogP contribution in [0.5, 0.6) is 0 Å². The first kappa shape index (κ1) is 20.3. The van der Waals surface area contributed by atoms with Crippen molar-refractivity contribution in [2.75, 3.05) is 13.6 Å². The molecule has 1 atom stereocenters. The molecule has 0 radical (unpaired) electrons. The summed E-state index contributed by atoms with van der Waals surface area (Å²) < 4.78 is 0. The van der Waals surface area contributed by atoms with E-state index in [2.05, 4.69) is 41.6 Å². The number of carbonyl (C=O) groups is 1. The standard InChI is InChI=1S/C21H34N4O/c1-4-5-6-10-17(2)24-21(22-3)23-14-9-13-20(26)25-15-18-11-7-8-12-19(18)16-25/h7-8,11-12,17H,4-6,9-10,13-16H2,1-3H3,(H2,22,23,24). The second-order valence-corrected chi connectivity index (χ2v) is 7.16. The fourth-order valence-electron chi connectivity index (χ4n) is 3.31. The number of benzene rings is 1. The Labute approximate surface area is 158 Å². The van der Waals surface area contributed by atoms with Gasteiger partial charge in [-0.2, -0.15) is 0 Å². The summed E-state index contributed by atoms with van der Waals surface area (Å²) in [7, 11) is 1.79. The SMILES string of the molecule is CCCCCC(C)NC(=NC)NCCCC(=O)N1Cc2ccccc2C1. The highest BCUT2D eigenvalue weighted by Crippen LogP contribution is 2.22. The van der Waals surface area contributed by atoms with Gasteiger partial charge in [-0.05, 0) is 30.9 Å². The van der Waals surface area contributed by atoms with Gasteiger partial charge < -0.3 is 15.5 Å². The lowest BCUT2D eigenvalue weighted by atomic mass is 10.1. The summed E-state index contributed by atoms with van der Waals surface area (Å²) in [5, 5.41) is 6.75. The monoisotopic (exact) mass is 358 g/mol. The van der Waals surface area contributed by atoms with Crippen LogP contribution < -0.4 is 10.6 Å². The van der Waals surface area contributed by atoms with Crippen molar-refractivity contribution in [3.05, 3.63) is 35.4 Å². The number of hydrogen-bond donors (Lipinski definition) is 2. The van der Waals surface area contributed by atoms with Gasteiger partial charge in [-0.3, -0.25) is 9.79 Å². The van der Waals surface area contributed by atoms with Gasteiger partial charge in [0, 0.05) is 39.1 Å². The minimum atomic E-state index is 0.235. The normalized spacial score (nSPS) is 14.9. The van der Waals surface area contributed by atoms with Gasteiger partial charge in [0.2, 0.25) is 5.91 Å². The lowest BCUT2D eigenvalue weighted by molar-refractivity contribution is -0.131. The van der Waals surface area contributed by atoms with Crippen LogP contribution in [0.4, 0.5) is 0 Å². The average molecular weight is 359 g/mol. The van der Waals surface area contributed by atoms with E-state index in [1.807, 2.05) is 17.0 Å². The molecule has 0 spiro atoms. The molecule has 1 heterocycles. The lowest BCUT2D eigenvalue weighted by Gasteiger charge is -2.18. The third kappa shape index (κ3) is 6.36. The van der Waals surface area contributed by atoms with E-state index < -0.39 is 0 Å². The van der Waals surface area contributed by atoms with E-state index in [4.69, 9.17) is 0 Å². The first-order valence-electron chi connectivity index (χ1n) is 9.95. The number of aliphatic imine (C=N–C) groups is 1. The summed E-state index contributed by atoms with van der Waals surface area (Å²) in [5.74, 6) is 1.06. The van der Waals surface area contributed by atoms with Crippen molar-refractivity contribution in [3.8, 4) is 0 Å². The zero-order valence-corrected chi connectivity index (χ0v) is 16.6. The van der Waals surface area contributed by atoms with E-state index >= 15 is 0 Å². The summed E-state index contributed by atoms with van der Waals surface area (Å²) in [6.07, 6.45) is 6.31. The number of carbonyl (C=O) groups excluding carboxylic acids is 1. The minimum absolute atomic E-state index is 0.235. The molecular weight excluding hydrogens is 324 g/mol. The molecule has 26 heavy (non-hydrogen) atoms. The Balaban J connectivity index is 1.62. The van der Waals surface area contributed by atoms with Gasteiger partial charge in [0.1, 0.15) is 0 Å². The van der Waals surface area contributed by atoms with Gasteiger partial charge >= 0.3 is 0 Å². The zero-order chi connectivity index (χ0) is 18.8. The summed E-state index contributed by atoms with van der Waals surface area (Å²) in [4.78, 5) is 18.6. The summed E-state index contributed by atoms with van der Waals surface area (Å²) in [6, 6.07) is 8.72. The van der Waals surface area contributed by atoms with Crippen LogP contribution in [0.15, 0.2) is 29.3 Å². The van der Waals surface area contributed by atoms with Gasteiger partial charge in [-0.15, -0.1) is 0 Å². The largest absolute Gasteiger partial charge is 0.356 e. The van der Waals surface area contributed by atoms with E-state index in [9.17, 15) is 4.79 Å². The molecule has 1 amide bonds. The predicted octanol–water partition coefficient (Wildman–Crippen LogP) is 3.44. The Morgan fingerprint density at radius 2 is 1.88 bits per heavy atom. The number of nitrogens with one attached hydrogen (secondary N) is 2. The van der Waals surface area contributed by atoms with Gasteiger partial charge in [0.05, 0.1) is 0 Å². The molecule has 0 fully saturated rings. The molecule has 1 aromatic rings. The minimum Gasteiger partial charge on any atom is -0.356 e. The molecule has 0 aromatic heterocycles. The van der Waals surface area contributed by atoms with Crippen LogP contribution in [0, 0.1) is 0 Å². The highest BCUT2D eigenvalue weighted by Gasteiger charge is 2.22. The second kappa shape index (κ2) is 10.8. The maximum atomic E-state index is 12.4. The highest BCUT2D eigenvalue weighted by molar-refractivity contribution is 5.80. The Morgan fingerprint density at radius 3 is 2.50 bits per heavy atom. The van der Waals surface area contributed by atoms with Gasteiger partial charge in [-0.25, -0.2) is 0 Å². The second-order valence-electron chi connectivity index (χ2n) is 7.16. The molecule has 0 saturated carbocycles. The fraction of sp³-hybridized carbons (Fsp3) is 0.619. The third-order valence-electron chi connectivity index (χ3n) is 4.90. The highest BCUT2D eigenvalue weighted by atomic mass is 16.2. The number of hydrogen-bond acceptors (Lipinski definition) is 2. The number of guanidine groups is 1. The van der Waals surface area contributed by atoms with E-state index in [1.165, 1.54) is 30.4 Å². The molecule has 144 valence electrons. The molecule has 2 rings (SSSR count). The molecule has 2 N–H and O–H groups in total. The molecule has 0 aliphatic carbocycles. The predicted molar refractivity (Wildman–Crippen MR) is 108 cm³/mol. The maximum Gasteiger partial charge on any atom is 0.223 e. The summed E-state index contributed by atoms with van der Waals surface area (Å²) in [6.45, 7) is 6.67. The van der Waals surface area contributed by atoms with Gasteiger partial charge in [0.15, 0.2) is 5.96 Å². The number of nitrogens with zero attached hydrogens (tertiary/aromatic N) is 2. The number of unbranched alkanes of at least 4 members (excludes halogenated alkanes) is 2. The lowest BCUT2D eigenvalue weighted by Crippen LogP contribution is -2.42. The van der Waals surface area contributed by atoms with Gasteiger partial charge in [0.25, 0.3) is 0 Å². The molecule has 5 heteroatoms. The Morgan fingerprint density at radius 1 is 1.19 bits per heavy atom. The van der Waals surface area contributed by atoms with E-state index in [1.54, 1.807) is 7.05 Å². The van der Waals surface area contributed by atoms with E-state index in [-0.39, 0.29) is 5.91 Å². The quantitative estimate of drug-likeness (QED) is 0.404. The zero-order valence-electron chi connectivity index (χ0n) is 16.6. The van der Waals surface area contributed by atoms with Crippen LogP contribution in [0.25, 0.3) is 0 Å². The molecule has 1 aliphatic heterocycles. The molecular formula is C21H34N4O. The van der Waals surface area contributed by atoms with Crippen LogP contribution in [-0.2, 0) is 17.9 Å². The molecule has 0 bridgehead atoms. The Bertz CT molecular complexity index is 574. The van der Waals surface area contributed by atoms with Crippen molar-refractivity contribution in [1.82, 2.24) is 15.5 Å². The summed E-state index contributed by atoms with van der Waals surface area (Å²) in [5.41, 5.74) is 2.56. The Kier molecular flexibility index (Phi) is 8.45. The topological polar surface area (TPSA) is 56.7 Å². The van der Waals surface area contributed by atoms with E-state index in [0.29, 0.717) is 12.5 Å². The first-order chi connectivity index (χ1) is 12.6. The fourth-order valence-corrected chi connectivity index (χ4v) is 3.31. The van der Waals surface area contributed by atoms with Crippen molar-refractivity contribution in [2.45, 2.75) is 71.5 Å². The number of amides is 1. The van der Waals surface area contributed by atoms with Crippen molar-refractivity contribution in [3.63, 3.8) is 0 Å².